The van der Waals surface area contributed by atoms with E-state index in [1.807, 2.05) is 11.3 Å². The number of hydrogen-bond acceptors (Lipinski definition) is 3. The molecule has 1 atom stereocenters. The second kappa shape index (κ2) is 5.51. The Bertz CT molecular complexity index is 347. The Labute approximate surface area is 109 Å². The lowest BCUT2D eigenvalue weighted by Gasteiger charge is -2.27. The number of hydrogen-bond donors (Lipinski definition) is 2. The zero-order chi connectivity index (χ0) is 13.1. The van der Waals surface area contributed by atoms with E-state index in [1.165, 1.54) is 9.75 Å². The summed E-state index contributed by atoms with van der Waals surface area (Å²) >= 11 is 1.86. The lowest BCUT2D eigenvalue weighted by atomic mass is 9.95. The Balaban J connectivity index is 2.62. The van der Waals surface area contributed by atoms with Crippen LogP contribution in [0.1, 0.15) is 50.8 Å². The third kappa shape index (κ3) is 4.09. The molecule has 3 heteroatoms. The fourth-order valence-electron chi connectivity index (χ4n) is 1.47. The van der Waals surface area contributed by atoms with Crippen molar-refractivity contribution >= 4 is 11.3 Å². The van der Waals surface area contributed by atoms with Gasteiger partial charge in [0.05, 0.1) is 6.61 Å². The minimum atomic E-state index is -0.161. The van der Waals surface area contributed by atoms with Crippen LogP contribution in [0.15, 0.2) is 12.1 Å². The van der Waals surface area contributed by atoms with Crippen molar-refractivity contribution in [3.63, 3.8) is 0 Å². The monoisotopic (exact) mass is 255 g/mol. The Morgan fingerprint density at radius 2 is 1.88 bits per heavy atom. The van der Waals surface area contributed by atoms with Gasteiger partial charge in [-0.05, 0) is 30.9 Å². The van der Waals surface area contributed by atoms with Crippen LogP contribution in [0.2, 0.25) is 0 Å². The summed E-state index contributed by atoms with van der Waals surface area (Å²) in [7, 11) is 0. The van der Waals surface area contributed by atoms with Gasteiger partial charge in [-0.3, -0.25) is 0 Å². The lowest BCUT2D eigenvalue weighted by Crippen LogP contribution is -2.44. The Kier molecular flexibility index (Phi) is 4.76. The van der Waals surface area contributed by atoms with Crippen LogP contribution in [0.25, 0.3) is 0 Å². The van der Waals surface area contributed by atoms with Gasteiger partial charge in [0, 0.05) is 21.8 Å². The highest BCUT2D eigenvalue weighted by atomic mass is 32.1. The van der Waals surface area contributed by atoms with Gasteiger partial charge in [-0.2, -0.15) is 0 Å². The van der Waals surface area contributed by atoms with Gasteiger partial charge in [0.15, 0.2) is 0 Å². The first-order valence-electron chi connectivity index (χ1n) is 6.26. The van der Waals surface area contributed by atoms with Crippen LogP contribution in [-0.2, 0) is 12.0 Å². The Hall–Kier alpha value is -0.380. The van der Waals surface area contributed by atoms with Crippen LogP contribution in [-0.4, -0.2) is 17.3 Å². The number of rotatable bonds is 5. The first-order valence-corrected chi connectivity index (χ1v) is 7.07. The summed E-state index contributed by atoms with van der Waals surface area (Å²) in [5, 5.41) is 12.8. The molecule has 1 heterocycles. The third-order valence-corrected chi connectivity index (χ3v) is 4.73. The molecule has 98 valence electrons. The SMILES string of the molecule is CCC(C)(CO)NCc1ccc(C(C)(C)C)s1. The van der Waals surface area contributed by atoms with E-state index in [-0.39, 0.29) is 17.6 Å². The summed E-state index contributed by atoms with van der Waals surface area (Å²) in [5.41, 5.74) is 0.0693. The number of aliphatic hydroxyl groups is 1. The Morgan fingerprint density at radius 3 is 2.29 bits per heavy atom. The van der Waals surface area contributed by atoms with Crippen LogP contribution >= 0.6 is 11.3 Å². The highest BCUT2D eigenvalue weighted by molar-refractivity contribution is 7.12. The van der Waals surface area contributed by atoms with Crippen molar-refractivity contribution in [1.29, 1.82) is 0 Å². The topological polar surface area (TPSA) is 32.3 Å². The third-order valence-electron chi connectivity index (χ3n) is 3.22. The molecule has 0 radical (unpaired) electrons. The van der Waals surface area contributed by atoms with E-state index in [0.717, 1.165) is 13.0 Å². The highest BCUT2D eigenvalue weighted by Crippen LogP contribution is 2.29. The fourth-order valence-corrected chi connectivity index (χ4v) is 2.47. The maximum absolute atomic E-state index is 9.34. The molecule has 1 rings (SSSR count). The summed E-state index contributed by atoms with van der Waals surface area (Å²) in [6.45, 7) is 11.9. The van der Waals surface area contributed by atoms with Gasteiger partial charge in [-0.25, -0.2) is 0 Å². The van der Waals surface area contributed by atoms with Gasteiger partial charge in [0.25, 0.3) is 0 Å². The molecule has 2 N–H and O–H groups in total. The molecule has 0 aliphatic heterocycles. The second-order valence-corrected chi connectivity index (χ2v) is 7.11. The standard InChI is InChI=1S/C14H25NOS/c1-6-14(5,10-16)15-9-11-7-8-12(17-11)13(2,3)4/h7-8,15-16H,6,9-10H2,1-5H3. The predicted molar refractivity (Wildman–Crippen MR) is 75.6 cm³/mol. The van der Waals surface area contributed by atoms with Gasteiger partial charge in [0.1, 0.15) is 0 Å². The van der Waals surface area contributed by atoms with Crippen molar-refractivity contribution in [2.75, 3.05) is 6.61 Å². The first kappa shape index (κ1) is 14.7. The summed E-state index contributed by atoms with van der Waals surface area (Å²) in [4.78, 5) is 2.75. The van der Waals surface area contributed by atoms with E-state index < -0.39 is 0 Å². The molecule has 0 aromatic carbocycles. The molecular formula is C14H25NOS. The van der Waals surface area contributed by atoms with Crippen molar-refractivity contribution in [3.8, 4) is 0 Å². The van der Waals surface area contributed by atoms with E-state index in [0.29, 0.717) is 0 Å². The van der Waals surface area contributed by atoms with Crippen molar-refractivity contribution < 1.29 is 5.11 Å². The van der Waals surface area contributed by atoms with Crippen LogP contribution in [0.3, 0.4) is 0 Å². The van der Waals surface area contributed by atoms with Crippen LogP contribution in [0.5, 0.6) is 0 Å². The largest absolute Gasteiger partial charge is 0.394 e. The number of aliphatic hydroxyl groups excluding tert-OH is 1. The van der Waals surface area contributed by atoms with E-state index in [4.69, 9.17) is 0 Å². The van der Waals surface area contributed by atoms with Crippen LogP contribution in [0.4, 0.5) is 0 Å². The molecule has 1 aromatic heterocycles. The van der Waals surface area contributed by atoms with Crippen LogP contribution < -0.4 is 5.32 Å². The summed E-state index contributed by atoms with van der Waals surface area (Å²) in [6, 6.07) is 4.40. The number of nitrogens with one attached hydrogen (secondary N) is 1. The predicted octanol–water partition coefficient (Wildman–Crippen LogP) is 3.30. The number of thiophene rings is 1. The molecule has 0 bridgehead atoms. The van der Waals surface area contributed by atoms with E-state index >= 15 is 0 Å². The fraction of sp³-hybridized carbons (Fsp3) is 0.714. The smallest absolute Gasteiger partial charge is 0.0610 e. The molecular weight excluding hydrogens is 230 g/mol. The van der Waals surface area contributed by atoms with Crippen molar-refractivity contribution in [2.24, 2.45) is 0 Å². The lowest BCUT2D eigenvalue weighted by molar-refractivity contribution is 0.169. The molecule has 0 saturated heterocycles. The average Bonchev–Trinajstić information content (AvgIpc) is 2.74. The molecule has 0 spiro atoms. The van der Waals surface area contributed by atoms with Gasteiger partial charge >= 0.3 is 0 Å². The van der Waals surface area contributed by atoms with Gasteiger partial charge in [-0.15, -0.1) is 11.3 Å². The van der Waals surface area contributed by atoms with Crippen LogP contribution in [0, 0.1) is 0 Å². The van der Waals surface area contributed by atoms with Gasteiger partial charge in [-0.1, -0.05) is 27.7 Å². The van der Waals surface area contributed by atoms with Crippen molar-refractivity contribution in [2.45, 2.75) is 58.5 Å². The molecule has 2 nitrogen and oxygen atoms in total. The first-order chi connectivity index (χ1) is 7.80. The average molecular weight is 255 g/mol. The van der Waals surface area contributed by atoms with Crippen molar-refractivity contribution in [1.82, 2.24) is 5.32 Å². The molecule has 0 saturated carbocycles. The summed E-state index contributed by atoms with van der Waals surface area (Å²) in [5.74, 6) is 0. The summed E-state index contributed by atoms with van der Waals surface area (Å²) in [6.07, 6.45) is 0.932. The highest BCUT2D eigenvalue weighted by Gasteiger charge is 2.21. The van der Waals surface area contributed by atoms with Crippen molar-refractivity contribution in [3.05, 3.63) is 21.9 Å². The maximum atomic E-state index is 9.34. The molecule has 0 amide bonds. The molecule has 0 aliphatic carbocycles. The molecule has 17 heavy (non-hydrogen) atoms. The summed E-state index contributed by atoms with van der Waals surface area (Å²) < 4.78 is 0. The maximum Gasteiger partial charge on any atom is 0.0610 e. The minimum absolute atomic E-state index is 0.161. The zero-order valence-corrected chi connectivity index (χ0v) is 12.4. The molecule has 1 aromatic rings. The molecule has 0 aliphatic rings. The minimum Gasteiger partial charge on any atom is -0.394 e. The molecule has 1 unspecified atom stereocenters. The normalized spacial score (nSPS) is 15.9. The second-order valence-electron chi connectivity index (χ2n) is 5.94. The van der Waals surface area contributed by atoms with Gasteiger partial charge < -0.3 is 10.4 Å². The molecule has 0 fully saturated rings. The van der Waals surface area contributed by atoms with E-state index in [2.05, 4.69) is 52.1 Å². The Morgan fingerprint density at radius 1 is 1.24 bits per heavy atom. The zero-order valence-electron chi connectivity index (χ0n) is 11.6. The van der Waals surface area contributed by atoms with Gasteiger partial charge in [0.2, 0.25) is 0 Å². The van der Waals surface area contributed by atoms with E-state index in [9.17, 15) is 5.11 Å². The van der Waals surface area contributed by atoms with E-state index in [1.54, 1.807) is 0 Å². The quantitative estimate of drug-likeness (QED) is 0.846.